The molecule has 0 saturated carbocycles. The van der Waals surface area contributed by atoms with Gasteiger partial charge in [-0.25, -0.2) is 0 Å². The molecule has 0 aliphatic heterocycles. The van der Waals surface area contributed by atoms with Crippen LogP contribution >= 0.6 is 24.8 Å². The van der Waals surface area contributed by atoms with Crippen molar-refractivity contribution in [3.05, 3.63) is 80.8 Å². The number of allylic oxidation sites excluding steroid dienone is 8. The van der Waals surface area contributed by atoms with Crippen LogP contribution in [0.5, 0.6) is 0 Å². The van der Waals surface area contributed by atoms with E-state index in [0.29, 0.717) is 0 Å². The Labute approximate surface area is 248 Å². The first kappa shape index (κ1) is 33.3. The monoisotopic (exact) mass is 601 g/mol. The van der Waals surface area contributed by atoms with E-state index < -0.39 is 0 Å². The van der Waals surface area contributed by atoms with Crippen LogP contribution in [0.4, 0.5) is 0 Å². The topological polar surface area (TPSA) is 0 Å². The van der Waals surface area contributed by atoms with E-state index in [4.69, 9.17) is 0 Å². The summed E-state index contributed by atoms with van der Waals surface area (Å²) in [4.78, 5) is 0. The second-order valence-electron chi connectivity index (χ2n) is 12.1. The standard InChI is InChI=1S/C30H37.C3H6.2ClH.Zr/c1-9-20-11-14-27(24(20)10-2)30(29(6,7)8)16-15-26-22(19-30)17-21-18-23(28(3,4)5)12-13-25(21)26;1-3-2;;;/h11-13,15-18H,9-10,14H2,1-8H3;1-2H3;2*1H;/q-1;;;;. The summed E-state index contributed by atoms with van der Waals surface area (Å²) in [6, 6.07) is 6.99. The van der Waals surface area contributed by atoms with Gasteiger partial charge in [-0.15, -0.1) is 36.5 Å². The van der Waals surface area contributed by atoms with Crippen molar-refractivity contribution in [3.63, 3.8) is 0 Å². The normalized spacial score (nSPS) is 20.1. The fraction of sp³-hybridized carbons (Fsp3) is 0.485. The minimum absolute atomic E-state index is 0. The van der Waals surface area contributed by atoms with Gasteiger partial charge in [0, 0.05) is 0 Å². The molecule has 1 aromatic rings. The van der Waals surface area contributed by atoms with Crippen LogP contribution in [0.3, 0.4) is 0 Å². The Bertz CT molecular complexity index is 1240. The van der Waals surface area contributed by atoms with E-state index in [1.165, 1.54) is 30.4 Å². The fourth-order valence-electron chi connectivity index (χ4n) is 5.45. The van der Waals surface area contributed by atoms with Gasteiger partial charge in [-0.1, -0.05) is 102 Å². The summed E-state index contributed by atoms with van der Waals surface area (Å²) in [6.45, 7) is 22.8. The number of hydrogen-bond donors (Lipinski definition) is 0. The molecule has 0 amide bonds. The zero-order chi connectivity index (χ0) is 25.5. The molecule has 0 nitrogen and oxygen atoms in total. The average Bonchev–Trinajstić information content (AvgIpc) is 3.31. The Balaban J connectivity index is 0.00000101. The van der Waals surface area contributed by atoms with Gasteiger partial charge < -0.3 is 0 Å². The van der Waals surface area contributed by atoms with Gasteiger partial charge in [0.25, 0.3) is 0 Å². The van der Waals surface area contributed by atoms with Crippen molar-refractivity contribution >= 4 is 39.7 Å². The number of fused-ring (bicyclic) bond motifs is 2. The maximum absolute atomic E-state index is 4.07. The van der Waals surface area contributed by atoms with E-state index in [2.05, 4.69) is 118 Å². The van der Waals surface area contributed by atoms with Gasteiger partial charge in [0.15, 0.2) is 0 Å². The van der Waals surface area contributed by atoms with E-state index in [9.17, 15) is 0 Å². The largest absolute Gasteiger partial charge is 0.147 e. The van der Waals surface area contributed by atoms with Crippen molar-refractivity contribution in [3.8, 4) is 0 Å². The SMILES string of the molecule is CCC1=CCC(C2(C(C)(C)C)[C-]=C3C=c4cc(C(C)(C)C)ccc4=C3C=C2)=C1CC.C[C](C)=[Zr].Cl.Cl. The Morgan fingerprint density at radius 1 is 1.00 bits per heavy atom. The van der Waals surface area contributed by atoms with Crippen molar-refractivity contribution in [1.82, 2.24) is 0 Å². The quantitative estimate of drug-likeness (QED) is 0.305. The van der Waals surface area contributed by atoms with E-state index in [1.807, 2.05) is 0 Å². The minimum atomic E-state index is -0.157. The molecule has 0 aromatic heterocycles. The predicted octanol–water partition coefficient (Wildman–Crippen LogP) is 8.30. The Morgan fingerprint density at radius 3 is 2.11 bits per heavy atom. The molecule has 1 aromatic carbocycles. The maximum Gasteiger partial charge on any atom is -0.147 e. The number of hydrogen-bond acceptors (Lipinski definition) is 0. The van der Waals surface area contributed by atoms with Crippen LogP contribution in [0.1, 0.15) is 94.1 Å². The van der Waals surface area contributed by atoms with Crippen LogP contribution in [0, 0.1) is 16.9 Å². The molecule has 3 heteroatoms. The zero-order valence-electron chi connectivity index (χ0n) is 24.0. The van der Waals surface area contributed by atoms with E-state index >= 15 is 0 Å². The first-order chi connectivity index (χ1) is 15.7. The predicted molar refractivity (Wildman–Crippen MR) is 161 cm³/mol. The van der Waals surface area contributed by atoms with E-state index in [1.54, 1.807) is 41.0 Å². The first-order valence-electron chi connectivity index (χ1n) is 12.9. The Hall–Kier alpha value is -0.747. The van der Waals surface area contributed by atoms with Gasteiger partial charge in [0.2, 0.25) is 0 Å². The van der Waals surface area contributed by atoms with Crippen LogP contribution in [0.25, 0.3) is 11.6 Å². The average molecular weight is 604 g/mol. The second kappa shape index (κ2) is 12.4. The summed E-state index contributed by atoms with van der Waals surface area (Å²) in [5, 5.41) is 2.70. The summed E-state index contributed by atoms with van der Waals surface area (Å²) >= 11 is 1.55. The Morgan fingerprint density at radius 2 is 1.61 bits per heavy atom. The third kappa shape index (κ3) is 6.45. The summed E-state index contributed by atoms with van der Waals surface area (Å²) in [6.07, 6.45) is 17.0. The second-order valence-corrected chi connectivity index (χ2v) is 14.6. The van der Waals surface area contributed by atoms with Crippen LogP contribution < -0.4 is 10.4 Å². The molecule has 0 N–H and O–H groups in total. The fourth-order valence-corrected chi connectivity index (χ4v) is 5.45. The van der Waals surface area contributed by atoms with Crippen LogP contribution in [0.15, 0.2) is 58.7 Å². The zero-order valence-corrected chi connectivity index (χ0v) is 28.1. The summed E-state index contributed by atoms with van der Waals surface area (Å²) in [7, 11) is 0. The van der Waals surface area contributed by atoms with Crippen molar-refractivity contribution in [2.24, 2.45) is 10.8 Å². The van der Waals surface area contributed by atoms with Gasteiger partial charge in [-0.3, -0.25) is 0 Å². The van der Waals surface area contributed by atoms with Crippen molar-refractivity contribution in [1.29, 1.82) is 0 Å². The number of rotatable bonds is 3. The molecule has 196 valence electrons. The third-order valence-corrected chi connectivity index (χ3v) is 7.33. The molecule has 0 fully saturated rings. The molecule has 0 radical (unpaired) electrons. The van der Waals surface area contributed by atoms with Gasteiger partial charge in [0.05, 0.1) is 0 Å². The number of benzene rings is 1. The molecule has 3 aliphatic carbocycles. The van der Waals surface area contributed by atoms with E-state index in [0.717, 1.165) is 19.3 Å². The molecule has 1 atom stereocenters. The van der Waals surface area contributed by atoms with Crippen LogP contribution in [-0.4, -0.2) is 3.21 Å². The van der Waals surface area contributed by atoms with E-state index in [-0.39, 0.29) is 41.1 Å². The summed E-state index contributed by atoms with van der Waals surface area (Å²) < 4.78 is 1.51. The minimum Gasteiger partial charge on any atom is -0.147 e. The molecule has 0 spiro atoms. The molecule has 3 aliphatic rings. The third-order valence-electron chi connectivity index (χ3n) is 7.33. The molecule has 0 saturated heterocycles. The molecular weight excluding hydrogens is 558 g/mol. The smallest absolute Gasteiger partial charge is 0.147 e. The van der Waals surface area contributed by atoms with Gasteiger partial charge in [0.1, 0.15) is 0 Å². The van der Waals surface area contributed by atoms with Gasteiger partial charge >= 0.3 is 41.3 Å². The molecule has 0 bridgehead atoms. The van der Waals surface area contributed by atoms with Gasteiger partial charge in [-0.05, 0) is 52.2 Å². The van der Waals surface area contributed by atoms with Crippen molar-refractivity contribution in [2.45, 2.75) is 93.9 Å². The van der Waals surface area contributed by atoms with Crippen molar-refractivity contribution in [2.75, 3.05) is 0 Å². The van der Waals surface area contributed by atoms with Crippen LogP contribution in [0.2, 0.25) is 0 Å². The molecular formula is C33H45Cl2Zr-. The molecule has 0 heterocycles. The maximum atomic E-state index is 4.07. The molecule has 4 rings (SSSR count). The van der Waals surface area contributed by atoms with Crippen LogP contribution in [-0.2, 0) is 29.7 Å². The number of halogens is 2. The summed E-state index contributed by atoms with van der Waals surface area (Å²) in [5.74, 6) is 0. The van der Waals surface area contributed by atoms with Crippen molar-refractivity contribution < 1.29 is 24.2 Å². The summed E-state index contributed by atoms with van der Waals surface area (Å²) in [5.41, 5.74) is 8.76. The first-order valence-corrected chi connectivity index (χ1v) is 14.1. The molecule has 1 unspecified atom stereocenters. The Kier molecular flexibility index (Phi) is 11.5. The van der Waals surface area contributed by atoms with Gasteiger partial charge in [-0.2, -0.15) is 17.7 Å². The molecule has 36 heavy (non-hydrogen) atoms.